The first-order valence-electron chi connectivity index (χ1n) is 7.08. The molecule has 0 saturated heterocycles. The van der Waals surface area contributed by atoms with E-state index >= 15 is 0 Å². The quantitative estimate of drug-likeness (QED) is 0.511. The van der Waals surface area contributed by atoms with Crippen molar-refractivity contribution in [1.82, 2.24) is 0 Å². The Labute approximate surface area is 168 Å². The molecular weight excluding hydrogens is 390 g/mol. The zero-order valence-corrected chi connectivity index (χ0v) is 19.3. The Bertz CT molecular complexity index is 487. The summed E-state index contributed by atoms with van der Waals surface area (Å²) in [7, 11) is 0. The molecule has 0 amide bonds. The van der Waals surface area contributed by atoms with E-state index in [1.807, 2.05) is 0 Å². The van der Waals surface area contributed by atoms with Crippen molar-refractivity contribution in [3.05, 3.63) is 56.1 Å². The Balaban J connectivity index is -0.000000290. The molecule has 0 fully saturated rings. The van der Waals surface area contributed by atoms with Crippen LogP contribution in [0.5, 0.6) is 0 Å². The minimum Gasteiger partial charge on any atom is -1.00 e. The van der Waals surface area contributed by atoms with Crippen LogP contribution in [0.2, 0.25) is 0 Å². The first kappa shape index (κ1) is 27.0. The van der Waals surface area contributed by atoms with E-state index in [4.69, 9.17) is 0 Å². The van der Waals surface area contributed by atoms with Crippen molar-refractivity contribution in [3.63, 3.8) is 0 Å². The van der Waals surface area contributed by atoms with Gasteiger partial charge in [0.15, 0.2) is 0 Å². The van der Waals surface area contributed by atoms with Crippen LogP contribution < -0.4 is 24.8 Å². The Morgan fingerprint density at radius 1 is 0.636 bits per heavy atom. The third-order valence-electron chi connectivity index (χ3n) is 4.99. The van der Waals surface area contributed by atoms with Crippen molar-refractivity contribution in [3.8, 4) is 0 Å². The van der Waals surface area contributed by atoms with Gasteiger partial charge < -0.3 is 24.8 Å². The molecule has 2 aromatic carbocycles. The molecule has 2 aromatic rings. The molecule has 0 radical (unpaired) electrons. The Hall–Kier alpha value is 0.163. The fraction of sp³-hybridized carbons (Fsp3) is 0.474. The number of hydrogen-bond acceptors (Lipinski definition) is 0. The largest absolute Gasteiger partial charge is 4.00 e. The summed E-state index contributed by atoms with van der Waals surface area (Å²) in [5.74, 6) is 0. The van der Waals surface area contributed by atoms with Crippen LogP contribution in [0.3, 0.4) is 0 Å². The van der Waals surface area contributed by atoms with Gasteiger partial charge in [-0.3, -0.25) is 0 Å². The smallest absolute Gasteiger partial charge is 1.00 e. The van der Waals surface area contributed by atoms with Crippen molar-refractivity contribution in [2.24, 2.45) is 0 Å². The number of rotatable bonds is 0. The number of aryl methyl sites for hydroxylation is 2. The SMILES string of the molecule is Cc1c(C)c(C)[c-](C)c1C.Cc1c[c-](C)c(C)c1C.[Cl-].[Cl-].[Zr+4]. The van der Waals surface area contributed by atoms with E-state index in [1.54, 1.807) is 0 Å². The van der Waals surface area contributed by atoms with Crippen molar-refractivity contribution >= 4 is 0 Å². The second kappa shape index (κ2) is 10.8. The van der Waals surface area contributed by atoms with Crippen molar-refractivity contribution in [1.29, 1.82) is 0 Å². The van der Waals surface area contributed by atoms with Gasteiger partial charge in [-0.25, -0.2) is 0 Å². The molecule has 0 spiro atoms. The van der Waals surface area contributed by atoms with E-state index < -0.39 is 0 Å². The van der Waals surface area contributed by atoms with E-state index in [0.29, 0.717) is 0 Å². The molecule has 122 valence electrons. The maximum Gasteiger partial charge on any atom is 4.00 e. The Kier molecular flexibility index (Phi) is 13.3. The molecule has 0 N–H and O–H groups in total. The molecule has 0 aliphatic carbocycles. The summed E-state index contributed by atoms with van der Waals surface area (Å²) in [6.07, 6.45) is 0. The van der Waals surface area contributed by atoms with Crippen LogP contribution in [-0.2, 0) is 26.2 Å². The molecule has 0 atom stereocenters. The number of hydrogen-bond donors (Lipinski definition) is 0. The normalized spacial score (nSPS) is 8.95. The van der Waals surface area contributed by atoms with E-state index in [1.165, 1.54) is 50.1 Å². The molecule has 0 saturated carbocycles. The Morgan fingerprint density at radius 2 is 1.00 bits per heavy atom. The average molecular weight is 419 g/mol. The second-order valence-corrected chi connectivity index (χ2v) is 5.89. The fourth-order valence-electron chi connectivity index (χ4n) is 2.54. The standard InChI is InChI=1S/C10H15.C9H13.2ClH.Zr/c1-6-7(2)9(4)10(5)8(6)3;1-6-5-7(2)9(4)8(6)3;;;/h1-5H3;5H,1-4H3;2*1H;/q2*-1;;;+4/p-2. The van der Waals surface area contributed by atoms with Gasteiger partial charge in [0.2, 0.25) is 0 Å². The number of halogens is 2. The molecule has 3 heteroatoms. The zero-order valence-electron chi connectivity index (χ0n) is 15.3. The van der Waals surface area contributed by atoms with Crippen molar-refractivity contribution in [2.75, 3.05) is 0 Å². The summed E-state index contributed by atoms with van der Waals surface area (Å²) >= 11 is 0. The summed E-state index contributed by atoms with van der Waals surface area (Å²) in [5.41, 5.74) is 13.1. The van der Waals surface area contributed by atoms with Crippen LogP contribution in [0.4, 0.5) is 0 Å². The third-order valence-corrected chi connectivity index (χ3v) is 4.99. The van der Waals surface area contributed by atoms with Gasteiger partial charge in [0, 0.05) is 0 Å². The first-order chi connectivity index (χ1) is 8.68. The summed E-state index contributed by atoms with van der Waals surface area (Å²) in [5, 5.41) is 0. The van der Waals surface area contributed by atoms with Gasteiger partial charge >= 0.3 is 26.2 Å². The monoisotopic (exact) mass is 416 g/mol. The third kappa shape index (κ3) is 5.66. The molecule has 0 bridgehead atoms. The van der Waals surface area contributed by atoms with E-state index in [0.717, 1.165) is 0 Å². The van der Waals surface area contributed by atoms with Crippen molar-refractivity contribution < 1.29 is 51.0 Å². The Morgan fingerprint density at radius 3 is 1.09 bits per heavy atom. The topological polar surface area (TPSA) is 0 Å². The van der Waals surface area contributed by atoms with Crippen LogP contribution in [-0.4, -0.2) is 0 Å². The van der Waals surface area contributed by atoms with Crippen LogP contribution in [0.1, 0.15) is 50.1 Å². The van der Waals surface area contributed by atoms with Gasteiger partial charge in [0.1, 0.15) is 0 Å². The maximum absolute atomic E-state index is 2.24. The summed E-state index contributed by atoms with van der Waals surface area (Å²) in [6, 6.07) is 2.24. The second-order valence-electron chi connectivity index (χ2n) is 5.89. The molecule has 0 heterocycles. The van der Waals surface area contributed by atoms with Crippen LogP contribution in [0.25, 0.3) is 0 Å². The first-order valence-corrected chi connectivity index (χ1v) is 7.08. The van der Waals surface area contributed by atoms with Gasteiger partial charge in [0.25, 0.3) is 0 Å². The van der Waals surface area contributed by atoms with Gasteiger partial charge in [0.05, 0.1) is 0 Å². The van der Waals surface area contributed by atoms with E-state index in [2.05, 4.69) is 68.4 Å². The minimum absolute atomic E-state index is 0. The summed E-state index contributed by atoms with van der Waals surface area (Å²) in [6.45, 7) is 19.7. The molecule has 0 unspecified atom stereocenters. The molecule has 0 aromatic heterocycles. The summed E-state index contributed by atoms with van der Waals surface area (Å²) in [4.78, 5) is 0. The van der Waals surface area contributed by atoms with Gasteiger partial charge in [-0.1, -0.05) is 62.3 Å². The summed E-state index contributed by atoms with van der Waals surface area (Å²) < 4.78 is 0. The van der Waals surface area contributed by atoms with Crippen LogP contribution >= 0.6 is 0 Å². The maximum atomic E-state index is 2.24. The molecule has 0 aliphatic heterocycles. The predicted molar refractivity (Wildman–Crippen MR) is 86.7 cm³/mol. The zero-order chi connectivity index (χ0) is 14.9. The fourth-order valence-corrected chi connectivity index (χ4v) is 2.54. The molecular formula is C19H28Cl2Zr. The molecule has 0 nitrogen and oxygen atoms in total. The van der Waals surface area contributed by atoms with Crippen LogP contribution in [0.15, 0.2) is 6.07 Å². The van der Waals surface area contributed by atoms with Gasteiger partial charge in [-0.2, -0.15) is 56.1 Å². The van der Waals surface area contributed by atoms with E-state index in [9.17, 15) is 0 Å². The van der Waals surface area contributed by atoms with Crippen molar-refractivity contribution in [2.45, 2.75) is 62.3 Å². The molecule has 2 rings (SSSR count). The minimum atomic E-state index is 0. The van der Waals surface area contributed by atoms with Crippen LogP contribution in [0, 0.1) is 62.3 Å². The van der Waals surface area contributed by atoms with Gasteiger partial charge in [-0.05, 0) is 0 Å². The average Bonchev–Trinajstić information content (AvgIpc) is 2.69. The predicted octanol–water partition coefficient (Wildman–Crippen LogP) is -0.408. The van der Waals surface area contributed by atoms with E-state index in [-0.39, 0.29) is 51.0 Å². The molecule has 0 aliphatic rings. The van der Waals surface area contributed by atoms with Gasteiger partial charge in [-0.15, -0.1) is 0 Å². The molecule has 22 heavy (non-hydrogen) atoms.